The fourth-order valence-corrected chi connectivity index (χ4v) is 1.96. The lowest BCUT2D eigenvalue weighted by molar-refractivity contribution is 0.102. The van der Waals surface area contributed by atoms with E-state index in [1.54, 1.807) is 26.0 Å². The number of para-hydroxylation sites is 1. The van der Waals surface area contributed by atoms with Gasteiger partial charge >= 0.3 is 0 Å². The number of furan rings is 1. The van der Waals surface area contributed by atoms with Gasteiger partial charge in [-0.15, -0.1) is 0 Å². The molecule has 0 bridgehead atoms. The van der Waals surface area contributed by atoms with E-state index in [4.69, 9.17) is 9.52 Å². The van der Waals surface area contributed by atoms with Gasteiger partial charge in [0.1, 0.15) is 11.5 Å². The summed E-state index contributed by atoms with van der Waals surface area (Å²) in [6.45, 7) is 3.59. The van der Waals surface area contributed by atoms with E-state index in [1.807, 2.05) is 18.2 Å². The molecular weight excluding hydrogens is 266 g/mol. The minimum absolute atomic E-state index is 0.0228. The highest BCUT2D eigenvalue weighted by molar-refractivity contribution is 6.05. The summed E-state index contributed by atoms with van der Waals surface area (Å²) in [6, 6.07) is 9.02. The molecule has 21 heavy (non-hydrogen) atoms. The van der Waals surface area contributed by atoms with Gasteiger partial charge in [0.15, 0.2) is 0 Å². The van der Waals surface area contributed by atoms with E-state index < -0.39 is 0 Å². The molecule has 108 valence electrons. The number of aryl methyl sites for hydroxylation is 2. The van der Waals surface area contributed by atoms with Gasteiger partial charge in [-0.3, -0.25) is 4.79 Å². The molecule has 0 aliphatic rings. The Morgan fingerprint density at radius 3 is 2.76 bits per heavy atom. The Morgan fingerprint density at radius 1 is 1.33 bits per heavy atom. The molecule has 1 aromatic carbocycles. The third-order valence-electron chi connectivity index (χ3n) is 2.92. The van der Waals surface area contributed by atoms with Gasteiger partial charge in [0.25, 0.3) is 5.91 Å². The van der Waals surface area contributed by atoms with Crippen LogP contribution in [0.15, 0.2) is 34.7 Å². The van der Waals surface area contributed by atoms with Crippen molar-refractivity contribution in [1.82, 2.24) is 0 Å². The van der Waals surface area contributed by atoms with Crippen LogP contribution in [0.25, 0.3) is 0 Å². The molecule has 1 aromatic heterocycles. The summed E-state index contributed by atoms with van der Waals surface area (Å²) >= 11 is 0. The highest BCUT2D eigenvalue weighted by Gasteiger charge is 2.14. The summed E-state index contributed by atoms with van der Waals surface area (Å²) in [7, 11) is 0. The molecule has 0 atom stereocenters. The van der Waals surface area contributed by atoms with Gasteiger partial charge in [-0.2, -0.15) is 0 Å². The second-order valence-electron chi connectivity index (χ2n) is 4.60. The second kappa shape index (κ2) is 6.78. The molecule has 1 amide bonds. The first-order chi connectivity index (χ1) is 10.1. The molecule has 0 spiro atoms. The Morgan fingerprint density at radius 2 is 2.10 bits per heavy atom. The average molecular weight is 283 g/mol. The van der Waals surface area contributed by atoms with Crippen molar-refractivity contribution >= 4 is 11.6 Å². The van der Waals surface area contributed by atoms with E-state index in [9.17, 15) is 4.79 Å². The lowest BCUT2D eigenvalue weighted by Crippen LogP contribution is -2.13. The Balaban J connectivity index is 2.22. The van der Waals surface area contributed by atoms with Crippen molar-refractivity contribution < 1.29 is 14.3 Å². The van der Waals surface area contributed by atoms with Gasteiger partial charge in [0.2, 0.25) is 0 Å². The molecule has 4 nitrogen and oxygen atoms in total. The Hall–Kier alpha value is -2.51. The van der Waals surface area contributed by atoms with Crippen LogP contribution in [0, 0.1) is 25.7 Å². The molecule has 4 heteroatoms. The lowest BCUT2D eigenvalue weighted by Gasteiger charge is -2.06. The summed E-state index contributed by atoms with van der Waals surface area (Å²) in [4.78, 5) is 12.3. The number of hydrogen-bond acceptors (Lipinski definition) is 3. The fraction of sp³-hybridized carbons (Fsp3) is 0.235. The van der Waals surface area contributed by atoms with Crippen molar-refractivity contribution in [2.75, 3.05) is 11.9 Å². The number of rotatable bonds is 3. The third-order valence-corrected chi connectivity index (χ3v) is 2.92. The van der Waals surface area contributed by atoms with Crippen LogP contribution in [0.2, 0.25) is 0 Å². The van der Waals surface area contributed by atoms with Gasteiger partial charge in [0, 0.05) is 12.0 Å². The minimum atomic E-state index is -0.222. The number of benzene rings is 1. The predicted octanol–water partition coefficient (Wildman–Crippen LogP) is 2.88. The Bertz CT molecular complexity index is 704. The monoisotopic (exact) mass is 283 g/mol. The van der Waals surface area contributed by atoms with Crippen molar-refractivity contribution in [3.05, 3.63) is 53.0 Å². The van der Waals surface area contributed by atoms with Crippen LogP contribution in [-0.4, -0.2) is 17.6 Å². The number of amides is 1. The van der Waals surface area contributed by atoms with Crippen LogP contribution in [0.4, 0.5) is 5.69 Å². The smallest absolute Gasteiger partial charge is 0.259 e. The SMILES string of the molecule is Cc1cc(C(=O)Nc2ccccc2C#CCCO)c(C)o1. The van der Waals surface area contributed by atoms with Gasteiger partial charge < -0.3 is 14.8 Å². The van der Waals surface area contributed by atoms with Crippen LogP contribution < -0.4 is 5.32 Å². The molecule has 0 fully saturated rings. The Labute approximate surface area is 123 Å². The summed E-state index contributed by atoms with van der Waals surface area (Å²) in [6.07, 6.45) is 0.405. The van der Waals surface area contributed by atoms with Crippen LogP contribution in [0.5, 0.6) is 0 Å². The highest BCUT2D eigenvalue weighted by Crippen LogP contribution is 2.18. The first-order valence-electron chi connectivity index (χ1n) is 6.69. The number of aliphatic hydroxyl groups excluding tert-OH is 1. The maximum atomic E-state index is 12.3. The largest absolute Gasteiger partial charge is 0.466 e. The van der Waals surface area contributed by atoms with Gasteiger partial charge in [-0.05, 0) is 32.0 Å². The van der Waals surface area contributed by atoms with E-state index >= 15 is 0 Å². The molecule has 0 saturated heterocycles. The standard InChI is InChI=1S/C17H17NO3/c1-12-11-15(13(2)21-12)17(20)18-16-9-4-3-7-14(16)8-5-6-10-19/h3-4,7,9,11,19H,6,10H2,1-2H3,(H,18,20). The first kappa shape index (κ1) is 14.9. The van der Waals surface area contributed by atoms with Gasteiger partial charge in [-0.1, -0.05) is 24.0 Å². The maximum absolute atomic E-state index is 12.3. The van der Waals surface area contributed by atoms with Crippen molar-refractivity contribution in [1.29, 1.82) is 0 Å². The molecule has 1 heterocycles. The molecule has 2 aromatic rings. The number of carbonyl (C=O) groups is 1. The van der Waals surface area contributed by atoms with Crippen molar-refractivity contribution in [2.45, 2.75) is 20.3 Å². The van der Waals surface area contributed by atoms with Crippen LogP contribution in [-0.2, 0) is 0 Å². The third kappa shape index (κ3) is 3.74. The van der Waals surface area contributed by atoms with Gasteiger partial charge in [0.05, 0.1) is 17.9 Å². The normalized spacial score (nSPS) is 9.86. The number of hydrogen-bond donors (Lipinski definition) is 2. The quantitative estimate of drug-likeness (QED) is 0.851. The molecule has 0 saturated carbocycles. The van der Waals surface area contributed by atoms with E-state index in [0.29, 0.717) is 29.2 Å². The van der Waals surface area contributed by atoms with Crippen molar-refractivity contribution in [3.63, 3.8) is 0 Å². The maximum Gasteiger partial charge on any atom is 0.259 e. The van der Waals surface area contributed by atoms with E-state index in [1.165, 1.54) is 0 Å². The van der Waals surface area contributed by atoms with E-state index in [2.05, 4.69) is 17.2 Å². The van der Waals surface area contributed by atoms with Crippen LogP contribution in [0.1, 0.15) is 33.9 Å². The summed E-state index contributed by atoms with van der Waals surface area (Å²) in [5.74, 6) is 6.87. The predicted molar refractivity (Wildman–Crippen MR) is 81.2 cm³/mol. The van der Waals surface area contributed by atoms with E-state index in [0.717, 1.165) is 5.56 Å². The zero-order valence-corrected chi connectivity index (χ0v) is 12.1. The van der Waals surface area contributed by atoms with Gasteiger partial charge in [-0.25, -0.2) is 0 Å². The molecule has 2 rings (SSSR count). The van der Waals surface area contributed by atoms with Crippen LogP contribution in [0.3, 0.4) is 0 Å². The summed E-state index contributed by atoms with van der Waals surface area (Å²) in [5.41, 5.74) is 1.88. The molecule has 0 aliphatic heterocycles. The van der Waals surface area contributed by atoms with Crippen molar-refractivity contribution in [3.8, 4) is 11.8 Å². The highest BCUT2D eigenvalue weighted by atomic mass is 16.3. The summed E-state index contributed by atoms with van der Waals surface area (Å²) < 4.78 is 5.37. The first-order valence-corrected chi connectivity index (χ1v) is 6.69. The second-order valence-corrected chi connectivity index (χ2v) is 4.60. The minimum Gasteiger partial charge on any atom is -0.466 e. The molecule has 0 unspecified atom stereocenters. The van der Waals surface area contributed by atoms with Crippen molar-refractivity contribution in [2.24, 2.45) is 0 Å². The molecule has 0 radical (unpaired) electrons. The molecule has 2 N–H and O–H groups in total. The Kier molecular flexibility index (Phi) is 4.81. The zero-order valence-electron chi connectivity index (χ0n) is 12.1. The topological polar surface area (TPSA) is 62.5 Å². The lowest BCUT2D eigenvalue weighted by atomic mass is 10.1. The number of carbonyl (C=O) groups excluding carboxylic acids is 1. The number of anilines is 1. The molecular formula is C17H17NO3. The number of nitrogens with one attached hydrogen (secondary N) is 1. The average Bonchev–Trinajstić information content (AvgIpc) is 2.80. The van der Waals surface area contributed by atoms with Crippen LogP contribution >= 0.6 is 0 Å². The van der Waals surface area contributed by atoms with E-state index in [-0.39, 0.29) is 12.5 Å². The summed E-state index contributed by atoms with van der Waals surface area (Å²) in [5, 5.41) is 11.6. The molecule has 0 aliphatic carbocycles. The number of aliphatic hydroxyl groups is 1. The fourth-order valence-electron chi connectivity index (χ4n) is 1.96. The zero-order chi connectivity index (χ0) is 15.2.